The molecule has 0 heterocycles. The van der Waals surface area contributed by atoms with Gasteiger partial charge in [-0.3, -0.25) is 9.10 Å². The summed E-state index contributed by atoms with van der Waals surface area (Å²) in [4.78, 5) is 12.6. The molecule has 0 saturated carbocycles. The monoisotopic (exact) mass is 460 g/mol. The summed E-state index contributed by atoms with van der Waals surface area (Å²) < 4.78 is 42.2. The maximum Gasteiger partial charge on any atom is 0.264 e. The summed E-state index contributed by atoms with van der Waals surface area (Å²) in [6, 6.07) is 15.2. The molecule has 5 nitrogen and oxygen atoms in total. The lowest BCUT2D eigenvalue weighted by Gasteiger charge is -2.23. The molecule has 0 aliphatic rings. The highest BCUT2D eigenvalue weighted by molar-refractivity contribution is 7.92. The van der Waals surface area contributed by atoms with Gasteiger partial charge in [0.25, 0.3) is 15.9 Å². The second kappa shape index (κ2) is 9.08. The van der Waals surface area contributed by atoms with E-state index in [0.717, 1.165) is 23.8 Å². The van der Waals surface area contributed by atoms with Crippen molar-refractivity contribution in [1.29, 1.82) is 0 Å². The van der Waals surface area contributed by atoms with E-state index in [2.05, 4.69) is 5.32 Å². The van der Waals surface area contributed by atoms with Gasteiger partial charge in [0.05, 0.1) is 16.1 Å². The van der Waals surface area contributed by atoms with Crippen LogP contribution in [0, 0.1) is 19.7 Å². The Morgan fingerprint density at radius 3 is 2.45 bits per heavy atom. The Morgan fingerprint density at radius 1 is 1.06 bits per heavy atom. The number of anilines is 2. The zero-order valence-electron chi connectivity index (χ0n) is 17.3. The minimum absolute atomic E-state index is 0.173. The summed E-state index contributed by atoms with van der Waals surface area (Å²) in [5.41, 5.74) is 2.06. The molecule has 0 atom stereocenters. The van der Waals surface area contributed by atoms with Crippen LogP contribution >= 0.6 is 11.6 Å². The number of carbonyl (C=O) groups is 1. The molecule has 0 aliphatic carbocycles. The number of aryl methyl sites for hydroxylation is 1. The number of rotatable bonds is 6. The van der Waals surface area contributed by atoms with Crippen LogP contribution in [0.5, 0.6) is 0 Å². The fourth-order valence-corrected chi connectivity index (χ4v) is 4.84. The number of amides is 1. The van der Waals surface area contributed by atoms with Crippen LogP contribution < -0.4 is 9.62 Å². The predicted octanol–water partition coefficient (Wildman–Crippen LogP) is 5.56. The fourth-order valence-electron chi connectivity index (χ4n) is 3.17. The van der Waals surface area contributed by atoms with Crippen molar-refractivity contribution in [3.05, 3.63) is 88.2 Å². The lowest BCUT2D eigenvalue weighted by molar-refractivity contribution is 0.102. The minimum Gasteiger partial charge on any atom is -0.322 e. The van der Waals surface area contributed by atoms with Gasteiger partial charge in [-0.1, -0.05) is 29.8 Å². The van der Waals surface area contributed by atoms with E-state index in [9.17, 15) is 17.6 Å². The van der Waals surface area contributed by atoms with E-state index in [4.69, 9.17) is 11.6 Å². The molecule has 0 saturated heterocycles. The van der Waals surface area contributed by atoms with Crippen molar-refractivity contribution in [2.75, 3.05) is 16.2 Å². The normalized spacial score (nSPS) is 11.3. The molecule has 162 valence electrons. The predicted molar refractivity (Wildman–Crippen MR) is 122 cm³/mol. The van der Waals surface area contributed by atoms with Crippen LogP contribution in [0.25, 0.3) is 0 Å². The van der Waals surface area contributed by atoms with Crippen molar-refractivity contribution >= 4 is 38.9 Å². The van der Waals surface area contributed by atoms with Crippen LogP contribution in [-0.4, -0.2) is 20.9 Å². The number of hydrogen-bond acceptors (Lipinski definition) is 3. The van der Waals surface area contributed by atoms with Crippen molar-refractivity contribution in [1.82, 2.24) is 0 Å². The first-order valence-corrected chi connectivity index (χ1v) is 11.4. The van der Waals surface area contributed by atoms with Crippen LogP contribution in [0.1, 0.15) is 28.4 Å². The molecule has 3 aromatic carbocycles. The van der Waals surface area contributed by atoms with Gasteiger partial charge >= 0.3 is 0 Å². The lowest BCUT2D eigenvalue weighted by atomic mass is 10.1. The van der Waals surface area contributed by atoms with Crippen molar-refractivity contribution in [2.24, 2.45) is 0 Å². The van der Waals surface area contributed by atoms with E-state index >= 15 is 0 Å². The highest BCUT2D eigenvalue weighted by atomic mass is 35.5. The minimum atomic E-state index is -4.02. The Hall–Kier alpha value is -2.90. The van der Waals surface area contributed by atoms with Crippen molar-refractivity contribution in [3.63, 3.8) is 0 Å². The first-order chi connectivity index (χ1) is 14.6. The van der Waals surface area contributed by atoms with Gasteiger partial charge in [0.15, 0.2) is 0 Å². The molecule has 3 rings (SSSR count). The summed E-state index contributed by atoms with van der Waals surface area (Å²) in [6.45, 7) is 5.46. The molecular weight excluding hydrogens is 439 g/mol. The largest absolute Gasteiger partial charge is 0.322 e. The molecule has 3 aromatic rings. The van der Waals surface area contributed by atoms with Gasteiger partial charge in [-0.15, -0.1) is 0 Å². The maximum atomic E-state index is 14.5. The van der Waals surface area contributed by atoms with Gasteiger partial charge in [0.1, 0.15) is 5.82 Å². The molecule has 1 amide bonds. The molecule has 0 unspecified atom stereocenters. The van der Waals surface area contributed by atoms with E-state index in [1.165, 1.54) is 4.31 Å². The molecule has 0 aromatic heterocycles. The summed E-state index contributed by atoms with van der Waals surface area (Å²) in [5.74, 6) is -1.59. The van der Waals surface area contributed by atoms with Crippen LogP contribution in [0.4, 0.5) is 15.8 Å². The summed E-state index contributed by atoms with van der Waals surface area (Å²) in [6.07, 6.45) is 0. The van der Waals surface area contributed by atoms with Gasteiger partial charge in [0.2, 0.25) is 0 Å². The highest BCUT2D eigenvalue weighted by Gasteiger charge is 2.26. The third kappa shape index (κ3) is 4.73. The number of nitrogens with one attached hydrogen (secondary N) is 1. The molecule has 0 bridgehead atoms. The average Bonchev–Trinajstić information content (AvgIpc) is 2.72. The SMILES string of the molecule is CCN(c1cccc(C)c1)S(=O)(=O)c1ccc(F)c(C(=O)Nc2cccc(Cl)c2C)c1. The fraction of sp³-hybridized carbons (Fsp3) is 0.174. The Labute approximate surface area is 186 Å². The van der Waals surface area contributed by atoms with Gasteiger partial charge in [-0.05, 0) is 74.4 Å². The van der Waals surface area contributed by atoms with Crippen molar-refractivity contribution < 1.29 is 17.6 Å². The number of hydrogen-bond donors (Lipinski definition) is 1. The van der Waals surface area contributed by atoms with Gasteiger partial charge in [-0.2, -0.15) is 0 Å². The third-order valence-corrected chi connectivity index (χ3v) is 7.17. The van der Waals surface area contributed by atoms with Crippen LogP contribution in [0.2, 0.25) is 5.02 Å². The first-order valence-electron chi connectivity index (χ1n) is 9.60. The zero-order chi connectivity index (χ0) is 22.8. The Morgan fingerprint density at radius 2 is 1.77 bits per heavy atom. The number of carbonyl (C=O) groups excluding carboxylic acids is 1. The van der Waals surface area contributed by atoms with Gasteiger partial charge in [-0.25, -0.2) is 12.8 Å². The molecule has 8 heteroatoms. The van der Waals surface area contributed by atoms with Crippen LogP contribution in [0.3, 0.4) is 0 Å². The van der Waals surface area contributed by atoms with Crippen molar-refractivity contribution in [3.8, 4) is 0 Å². The quantitative estimate of drug-likeness (QED) is 0.523. The van der Waals surface area contributed by atoms with Gasteiger partial charge in [0, 0.05) is 17.3 Å². The van der Waals surface area contributed by atoms with E-state index < -0.39 is 21.7 Å². The average molecular weight is 461 g/mol. The molecular formula is C23H22ClFN2O3S. The smallest absolute Gasteiger partial charge is 0.264 e. The first kappa shape index (κ1) is 22.8. The van der Waals surface area contributed by atoms with E-state index in [0.29, 0.717) is 22.0 Å². The second-order valence-corrected chi connectivity index (χ2v) is 9.29. The molecule has 0 fully saturated rings. The Kier molecular flexibility index (Phi) is 6.67. The number of benzene rings is 3. The zero-order valence-corrected chi connectivity index (χ0v) is 18.9. The topological polar surface area (TPSA) is 66.5 Å². The van der Waals surface area contributed by atoms with E-state index in [1.807, 2.05) is 13.0 Å². The van der Waals surface area contributed by atoms with E-state index in [1.54, 1.807) is 50.2 Å². The highest BCUT2D eigenvalue weighted by Crippen LogP contribution is 2.27. The lowest BCUT2D eigenvalue weighted by Crippen LogP contribution is -2.31. The molecule has 31 heavy (non-hydrogen) atoms. The summed E-state index contributed by atoms with van der Waals surface area (Å²) in [7, 11) is -4.02. The molecule has 0 radical (unpaired) electrons. The summed E-state index contributed by atoms with van der Waals surface area (Å²) >= 11 is 6.07. The standard InChI is InChI=1S/C23H22ClFN2O3S/c1-4-27(17-8-5-7-15(2)13-17)31(29,30)18-11-12-21(25)19(14-18)23(28)26-22-10-6-9-20(24)16(22)3/h5-14H,4H2,1-3H3,(H,26,28). The Balaban J connectivity index is 1.99. The second-order valence-electron chi connectivity index (χ2n) is 7.02. The van der Waals surface area contributed by atoms with Crippen LogP contribution in [0.15, 0.2) is 65.6 Å². The van der Waals surface area contributed by atoms with Crippen molar-refractivity contribution in [2.45, 2.75) is 25.7 Å². The van der Waals surface area contributed by atoms with Crippen LogP contribution in [-0.2, 0) is 10.0 Å². The Bertz CT molecular complexity index is 1250. The molecule has 1 N–H and O–H groups in total. The number of halogens is 2. The number of sulfonamides is 1. The summed E-state index contributed by atoms with van der Waals surface area (Å²) in [5, 5.41) is 3.05. The molecule has 0 spiro atoms. The maximum absolute atomic E-state index is 14.5. The third-order valence-electron chi connectivity index (χ3n) is 4.86. The van der Waals surface area contributed by atoms with E-state index in [-0.39, 0.29) is 17.0 Å². The number of nitrogens with zero attached hydrogens (tertiary/aromatic N) is 1. The molecule has 0 aliphatic heterocycles. The van der Waals surface area contributed by atoms with Gasteiger partial charge < -0.3 is 5.32 Å².